The first kappa shape index (κ1) is 13.2. The van der Waals surface area contributed by atoms with Crippen molar-refractivity contribution in [2.75, 3.05) is 6.61 Å². The van der Waals surface area contributed by atoms with Crippen LogP contribution in [0.5, 0.6) is 5.75 Å². The summed E-state index contributed by atoms with van der Waals surface area (Å²) >= 11 is 0. The first-order chi connectivity index (χ1) is 9.65. The number of Topliss-reactive ketones (excluding diaryl/α,β-unsaturated/α-hetero) is 1. The minimum Gasteiger partial charge on any atom is -0.493 e. The summed E-state index contributed by atoms with van der Waals surface area (Å²) in [5.41, 5.74) is 1.79. The van der Waals surface area contributed by atoms with Crippen molar-refractivity contribution in [2.24, 2.45) is 11.8 Å². The van der Waals surface area contributed by atoms with Crippen LogP contribution in [0.15, 0.2) is 18.2 Å². The molecule has 2 unspecified atom stereocenters. The van der Waals surface area contributed by atoms with Gasteiger partial charge in [-0.15, -0.1) is 0 Å². The number of carbonyl (C=O) groups excluding carboxylic acids is 1. The lowest BCUT2D eigenvalue weighted by molar-refractivity contribution is -0.141. The van der Waals surface area contributed by atoms with Crippen molar-refractivity contribution in [2.45, 2.75) is 32.1 Å². The Balaban J connectivity index is 1.76. The Hall–Kier alpha value is -1.84. The number of hydrogen-bond acceptors (Lipinski definition) is 3. The Kier molecular flexibility index (Phi) is 3.47. The second-order valence-corrected chi connectivity index (χ2v) is 5.68. The number of aryl methyl sites for hydroxylation is 1. The van der Waals surface area contributed by atoms with Crippen LogP contribution >= 0.6 is 0 Å². The van der Waals surface area contributed by atoms with Gasteiger partial charge >= 0.3 is 5.97 Å². The van der Waals surface area contributed by atoms with Gasteiger partial charge in [-0.2, -0.15) is 0 Å². The lowest BCUT2D eigenvalue weighted by Crippen LogP contribution is -2.16. The molecule has 1 aromatic carbocycles. The molecule has 0 aromatic heterocycles. The Morgan fingerprint density at radius 1 is 1.20 bits per heavy atom. The summed E-state index contributed by atoms with van der Waals surface area (Å²) in [4.78, 5) is 23.4. The highest BCUT2D eigenvalue weighted by atomic mass is 16.5. The molecule has 4 nitrogen and oxygen atoms in total. The molecule has 1 aliphatic carbocycles. The van der Waals surface area contributed by atoms with Gasteiger partial charge in [-0.3, -0.25) is 9.59 Å². The summed E-state index contributed by atoms with van der Waals surface area (Å²) in [6, 6.07) is 5.59. The maximum Gasteiger partial charge on any atom is 0.306 e. The summed E-state index contributed by atoms with van der Waals surface area (Å²) in [6.07, 6.45) is 3.69. The average molecular weight is 274 g/mol. The lowest BCUT2D eigenvalue weighted by Gasteiger charge is -2.18. The van der Waals surface area contributed by atoms with E-state index in [1.54, 1.807) is 6.07 Å². The highest BCUT2D eigenvalue weighted by Crippen LogP contribution is 2.34. The molecule has 1 heterocycles. The molecule has 106 valence electrons. The van der Waals surface area contributed by atoms with Gasteiger partial charge in [-0.1, -0.05) is 0 Å². The molecule has 1 fully saturated rings. The van der Waals surface area contributed by atoms with Crippen LogP contribution in [-0.4, -0.2) is 23.5 Å². The van der Waals surface area contributed by atoms with E-state index in [1.807, 2.05) is 12.1 Å². The number of carbonyl (C=O) groups is 2. The first-order valence-electron chi connectivity index (χ1n) is 7.18. The van der Waals surface area contributed by atoms with Gasteiger partial charge < -0.3 is 9.84 Å². The van der Waals surface area contributed by atoms with Crippen LogP contribution in [0.3, 0.4) is 0 Å². The van der Waals surface area contributed by atoms with Crippen molar-refractivity contribution < 1.29 is 19.4 Å². The van der Waals surface area contributed by atoms with E-state index in [1.165, 1.54) is 0 Å². The highest BCUT2D eigenvalue weighted by Gasteiger charge is 2.34. The van der Waals surface area contributed by atoms with E-state index in [2.05, 4.69) is 0 Å². The average Bonchev–Trinajstić information content (AvgIpc) is 2.96. The van der Waals surface area contributed by atoms with Gasteiger partial charge in [0.25, 0.3) is 0 Å². The summed E-state index contributed by atoms with van der Waals surface area (Å²) < 4.78 is 5.54. The second kappa shape index (κ2) is 5.27. The molecular formula is C16H18O4. The number of ketones is 1. The van der Waals surface area contributed by atoms with E-state index in [-0.39, 0.29) is 17.6 Å². The van der Waals surface area contributed by atoms with Crippen LogP contribution in [-0.2, 0) is 11.2 Å². The smallest absolute Gasteiger partial charge is 0.306 e. The molecule has 0 saturated heterocycles. The Bertz CT molecular complexity index is 549. The van der Waals surface area contributed by atoms with Crippen LogP contribution < -0.4 is 4.74 Å². The van der Waals surface area contributed by atoms with Gasteiger partial charge in [0.15, 0.2) is 5.78 Å². The van der Waals surface area contributed by atoms with Crippen molar-refractivity contribution in [1.29, 1.82) is 0 Å². The predicted octanol–water partition coefficient (Wildman–Crippen LogP) is 2.70. The van der Waals surface area contributed by atoms with Gasteiger partial charge in [0.2, 0.25) is 0 Å². The molecule has 1 saturated carbocycles. The van der Waals surface area contributed by atoms with Gasteiger partial charge in [-0.25, -0.2) is 0 Å². The quantitative estimate of drug-likeness (QED) is 0.861. The molecule has 1 N–H and O–H groups in total. The fraction of sp³-hybridized carbons (Fsp3) is 0.500. The normalized spacial score (nSPS) is 24.8. The SMILES string of the molecule is O=C(O)C1CCC(C(=O)c2ccc3c(c2)CCCO3)C1. The molecule has 1 aromatic rings. The van der Waals surface area contributed by atoms with E-state index in [0.29, 0.717) is 24.8 Å². The third-order valence-electron chi connectivity index (χ3n) is 4.35. The number of aliphatic carboxylic acids is 1. The zero-order chi connectivity index (χ0) is 14.1. The largest absolute Gasteiger partial charge is 0.493 e. The zero-order valence-electron chi connectivity index (χ0n) is 11.3. The zero-order valence-corrected chi connectivity index (χ0v) is 11.3. The Morgan fingerprint density at radius 2 is 2.00 bits per heavy atom. The number of ether oxygens (including phenoxy) is 1. The summed E-state index contributed by atoms with van der Waals surface area (Å²) in [5.74, 6) is -0.313. The molecule has 2 aliphatic rings. The van der Waals surface area contributed by atoms with E-state index < -0.39 is 5.97 Å². The third kappa shape index (κ3) is 2.42. The molecule has 0 bridgehead atoms. The van der Waals surface area contributed by atoms with Crippen molar-refractivity contribution >= 4 is 11.8 Å². The first-order valence-corrected chi connectivity index (χ1v) is 7.18. The molecule has 0 amide bonds. The monoisotopic (exact) mass is 274 g/mol. The molecule has 0 radical (unpaired) electrons. The number of rotatable bonds is 3. The van der Waals surface area contributed by atoms with Crippen molar-refractivity contribution in [1.82, 2.24) is 0 Å². The molecule has 20 heavy (non-hydrogen) atoms. The van der Waals surface area contributed by atoms with Crippen LogP contribution in [0.2, 0.25) is 0 Å². The molecular weight excluding hydrogens is 256 g/mol. The van der Waals surface area contributed by atoms with Crippen LogP contribution in [0.1, 0.15) is 41.6 Å². The van der Waals surface area contributed by atoms with Gasteiger partial charge in [-0.05, 0) is 55.9 Å². The lowest BCUT2D eigenvalue weighted by atomic mass is 9.93. The minimum atomic E-state index is -0.779. The number of benzene rings is 1. The predicted molar refractivity (Wildman–Crippen MR) is 73.1 cm³/mol. The van der Waals surface area contributed by atoms with E-state index in [9.17, 15) is 9.59 Å². The number of hydrogen-bond donors (Lipinski definition) is 1. The molecule has 0 spiro atoms. The molecule has 2 atom stereocenters. The summed E-state index contributed by atoms with van der Waals surface area (Å²) in [5, 5.41) is 9.01. The molecule has 4 heteroatoms. The summed E-state index contributed by atoms with van der Waals surface area (Å²) in [7, 11) is 0. The van der Waals surface area contributed by atoms with Crippen molar-refractivity contribution in [3.8, 4) is 5.75 Å². The fourth-order valence-electron chi connectivity index (χ4n) is 3.19. The van der Waals surface area contributed by atoms with Crippen molar-refractivity contribution in [3.63, 3.8) is 0 Å². The number of carboxylic acids is 1. The van der Waals surface area contributed by atoms with Gasteiger partial charge in [0.05, 0.1) is 12.5 Å². The van der Waals surface area contributed by atoms with Crippen LogP contribution in [0.25, 0.3) is 0 Å². The van der Waals surface area contributed by atoms with Crippen LogP contribution in [0, 0.1) is 11.8 Å². The maximum absolute atomic E-state index is 12.5. The fourth-order valence-corrected chi connectivity index (χ4v) is 3.19. The Labute approximate surface area is 117 Å². The number of fused-ring (bicyclic) bond motifs is 1. The van der Waals surface area contributed by atoms with E-state index in [0.717, 1.165) is 30.8 Å². The van der Waals surface area contributed by atoms with E-state index >= 15 is 0 Å². The minimum absolute atomic E-state index is 0.0853. The van der Waals surface area contributed by atoms with E-state index in [4.69, 9.17) is 9.84 Å². The third-order valence-corrected chi connectivity index (χ3v) is 4.35. The van der Waals surface area contributed by atoms with Gasteiger partial charge in [0.1, 0.15) is 5.75 Å². The second-order valence-electron chi connectivity index (χ2n) is 5.68. The van der Waals surface area contributed by atoms with Crippen molar-refractivity contribution in [3.05, 3.63) is 29.3 Å². The molecule has 1 aliphatic heterocycles. The highest BCUT2D eigenvalue weighted by molar-refractivity contribution is 5.98. The summed E-state index contributed by atoms with van der Waals surface area (Å²) in [6.45, 7) is 0.739. The van der Waals surface area contributed by atoms with Crippen LogP contribution in [0.4, 0.5) is 0 Å². The standard InChI is InChI=1S/C16H18O4/c17-15(11-3-4-13(9-11)16(18)19)12-5-6-14-10(8-12)2-1-7-20-14/h5-6,8,11,13H,1-4,7,9H2,(H,18,19). The number of carboxylic acid groups (broad SMARTS) is 1. The van der Waals surface area contributed by atoms with Gasteiger partial charge in [0, 0.05) is 11.5 Å². The maximum atomic E-state index is 12.5. The Morgan fingerprint density at radius 3 is 2.75 bits per heavy atom. The molecule has 3 rings (SSSR count). The topological polar surface area (TPSA) is 63.6 Å².